The van der Waals surface area contributed by atoms with E-state index in [1.165, 1.54) is 17.8 Å². The Labute approximate surface area is 84.5 Å². The second kappa shape index (κ2) is 4.00. The van der Waals surface area contributed by atoms with Crippen molar-refractivity contribution >= 4 is 5.95 Å². The minimum Gasteiger partial charge on any atom is -0.356 e. The van der Waals surface area contributed by atoms with Gasteiger partial charge in [0.05, 0.1) is 5.69 Å². The summed E-state index contributed by atoms with van der Waals surface area (Å²) in [5.41, 5.74) is 8.15. The van der Waals surface area contributed by atoms with Crippen LogP contribution in [0.3, 0.4) is 0 Å². The molecular formula is C10H18N4. The highest BCUT2D eigenvalue weighted by atomic mass is 15.2. The maximum atomic E-state index is 5.61. The Morgan fingerprint density at radius 2 is 2.43 bits per heavy atom. The molecule has 2 heterocycles. The molecule has 0 spiro atoms. The number of nitrogens with zero attached hydrogens (tertiary/aromatic N) is 2. The molecule has 78 valence electrons. The number of hydrogen-bond acceptors (Lipinski definition) is 3. The highest BCUT2D eigenvalue weighted by molar-refractivity contribution is 5.36. The summed E-state index contributed by atoms with van der Waals surface area (Å²) in [4.78, 5) is 4.58. The number of fused-ring (bicyclic) bond motifs is 1. The molecule has 2 rings (SSSR count). The number of nitrogens with one attached hydrogen (secondary N) is 1. The standard InChI is InChI=1S/C10H18N4/c1-2-8-9(4-5-11)14-7-3-6-12-10(14)13-8/h2-7,11H2,1H3,(H,12,13). The van der Waals surface area contributed by atoms with Crippen molar-refractivity contribution in [1.82, 2.24) is 9.55 Å². The van der Waals surface area contributed by atoms with Crippen LogP contribution in [0.25, 0.3) is 0 Å². The van der Waals surface area contributed by atoms with Crippen molar-refractivity contribution in [2.24, 2.45) is 5.73 Å². The van der Waals surface area contributed by atoms with E-state index >= 15 is 0 Å². The average molecular weight is 194 g/mol. The zero-order valence-electron chi connectivity index (χ0n) is 8.71. The molecule has 0 amide bonds. The molecule has 0 aliphatic carbocycles. The first-order valence-electron chi connectivity index (χ1n) is 5.39. The monoisotopic (exact) mass is 194 g/mol. The number of aromatic nitrogens is 2. The van der Waals surface area contributed by atoms with E-state index in [2.05, 4.69) is 21.8 Å². The normalized spacial score (nSPS) is 15.0. The lowest BCUT2D eigenvalue weighted by Gasteiger charge is -2.17. The fourth-order valence-corrected chi connectivity index (χ4v) is 2.05. The second-order valence-corrected chi connectivity index (χ2v) is 3.65. The SMILES string of the molecule is CCc1nc2n(c1CCN)CCCN2. The molecule has 3 N–H and O–H groups in total. The van der Waals surface area contributed by atoms with Crippen molar-refractivity contribution in [3.05, 3.63) is 11.4 Å². The molecule has 1 aliphatic rings. The van der Waals surface area contributed by atoms with Crippen molar-refractivity contribution in [1.29, 1.82) is 0 Å². The quantitative estimate of drug-likeness (QED) is 0.747. The Morgan fingerprint density at radius 3 is 3.14 bits per heavy atom. The maximum absolute atomic E-state index is 5.61. The third-order valence-electron chi connectivity index (χ3n) is 2.71. The second-order valence-electron chi connectivity index (χ2n) is 3.65. The van der Waals surface area contributed by atoms with Gasteiger partial charge in [0.25, 0.3) is 0 Å². The van der Waals surface area contributed by atoms with Crippen LogP contribution in [-0.2, 0) is 19.4 Å². The van der Waals surface area contributed by atoms with Gasteiger partial charge in [-0.25, -0.2) is 4.98 Å². The fraction of sp³-hybridized carbons (Fsp3) is 0.700. The van der Waals surface area contributed by atoms with Crippen LogP contribution >= 0.6 is 0 Å². The van der Waals surface area contributed by atoms with Crippen LogP contribution in [-0.4, -0.2) is 22.6 Å². The summed E-state index contributed by atoms with van der Waals surface area (Å²) in [6.45, 7) is 4.99. The van der Waals surface area contributed by atoms with Crippen molar-refractivity contribution in [3.8, 4) is 0 Å². The summed E-state index contributed by atoms with van der Waals surface area (Å²) in [7, 11) is 0. The molecule has 0 radical (unpaired) electrons. The van der Waals surface area contributed by atoms with Gasteiger partial charge in [0, 0.05) is 25.2 Å². The van der Waals surface area contributed by atoms with Crippen molar-refractivity contribution < 1.29 is 0 Å². The van der Waals surface area contributed by atoms with E-state index in [0.717, 1.165) is 31.9 Å². The van der Waals surface area contributed by atoms with Gasteiger partial charge >= 0.3 is 0 Å². The Hall–Kier alpha value is -1.03. The van der Waals surface area contributed by atoms with Crippen LogP contribution in [0.4, 0.5) is 5.95 Å². The van der Waals surface area contributed by atoms with Crippen LogP contribution < -0.4 is 11.1 Å². The molecule has 1 aromatic rings. The van der Waals surface area contributed by atoms with Gasteiger partial charge in [-0.1, -0.05) is 6.92 Å². The van der Waals surface area contributed by atoms with Crippen molar-refractivity contribution in [3.63, 3.8) is 0 Å². The highest BCUT2D eigenvalue weighted by Gasteiger charge is 2.17. The van der Waals surface area contributed by atoms with Gasteiger partial charge in [-0.3, -0.25) is 0 Å². The van der Waals surface area contributed by atoms with E-state index in [0.29, 0.717) is 6.54 Å². The smallest absolute Gasteiger partial charge is 0.203 e. The molecule has 1 aliphatic heterocycles. The number of hydrogen-bond donors (Lipinski definition) is 2. The molecule has 0 saturated carbocycles. The molecule has 0 atom stereocenters. The highest BCUT2D eigenvalue weighted by Crippen LogP contribution is 2.20. The Bertz CT molecular complexity index is 316. The Balaban J connectivity index is 2.37. The molecule has 0 fully saturated rings. The van der Waals surface area contributed by atoms with Gasteiger partial charge in [0.1, 0.15) is 0 Å². The molecule has 14 heavy (non-hydrogen) atoms. The van der Waals surface area contributed by atoms with Crippen molar-refractivity contribution in [2.45, 2.75) is 32.7 Å². The fourth-order valence-electron chi connectivity index (χ4n) is 2.05. The van der Waals surface area contributed by atoms with Gasteiger partial charge in [-0.15, -0.1) is 0 Å². The first-order chi connectivity index (χ1) is 6.86. The first-order valence-corrected chi connectivity index (χ1v) is 5.39. The van der Waals surface area contributed by atoms with Crippen LogP contribution in [0.2, 0.25) is 0 Å². The molecule has 0 aromatic carbocycles. The molecule has 4 nitrogen and oxygen atoms in total. The largest absolute Gasteiger partial charge is 0.356 e. The lowest BCUT2D eigenvalue weighted by Crippen LogP contribution is -2.19. The molecule has 4 heteroatoms. The van der Waals surface area contributed by atoms with E-state index < -0.39 is 0 Å². The summed E-state index contributed by atoms with van der Waals surface area (Å²) < 4.78 is 2.29. The third kappa shape index (κ3) is 1.50. The summed E-state index contributed by atoms with van der Waals surface area (Å²) >= 11 is 0. The van der Waals surface area contributed by atoms with Gasteiger partial charge in [0.2, 0.25) is 5.95 Å². The summed E-state index contributed by atoms with van der Waals surface area (Å²) in [5, 5.41) is 3.33. The third-order valence-corrected chi connectivity index (χ3v) is 2.71. The van der Waals surface area contributed by atoms with Gasteiger partial charge in [-0.05, 0) is 19.4 Å². The van der Waals surface area contributed by atoms with E-state index in [1.807, 2.05) is 0 Å². The molecule has 0 unspecified atom stereocenters. The van der Waals surface area contributed by atoms with E-state index in [9.17, 15) is 0 Å². The summed E-state index contributed by atoms with van der Waals surface area (Å²) in [6, 6.07) is 0. The lowest BCUT2D eigenvalue weighted by atomic mass is 10.2. The minimum absolute atomic E-state index is 0.706. The number of aryl methyl sites for hydroxylation is 1. The maximum Gasteiger partial charge on any atom is 0.203 e. The molecule has 0 saturated heterocycles. The van der Waals surface area contributed by atoms with Gasteiger partial charge in [0.15, 0.2) is 0 Å². The van der Waals surface area contributed by atoms with Gasteiger partial charge in [-0.2, -0.15) is 0 Å². The van der Waals surface area contributed by atoms with E-state index in [-0.39, 0.29) is 0 Å². The zero-order valence-corrected chi connectivity index (χ0v) is 8.71. The number of imidazole rings is 1. The topological polar surface area (TPSA) is 55.9 Å². The molecule has 1 aromatic heterocycles. The Kier molecular flexibility index (Phi) is 2.72. The predicted octanol–water partition coefficient (Wildman–Crippen LogP) is 0.762. The van der Waals surface area contributed by atoms with Gasteiger partial charge < -0.3 is 15.6 Å². The predicted molar refractivity (Wildman–Crippen MR) is 57.5 cm³/mol. The molecular weight excluding hydrogens is 176 g/mol. The number of nitrogens with two attached hydrogens (primary N) is 1. The zero-order chi connectivity index (χ0) is 9.97. The lowest BCUT2D eigenvalue weighted by molar-refractivity contribution is 0.601. The average Bonchev–Trinajstić information content (AvgIpc) is 2.58. The Morgan fingerprint density at radius 1 is 1.57 bits per heavy atom. The van der Waals surface area contributed by atoms with E-state index in [1.54, 1.807) is 0 Å². The summed E-state index contributed by atoms with van der Waals surface area (Å²) in [6.07, 6.45) is 3.12. The minimum atomic E-state index is 0.706. The van der Waals surface area contributed by atoms with Crippen LogP contribution in [0.15, 0.2) is 0 Å². The van der Waals surface area contributed by atoms with Crippen LogP contribution in [0.5, 0.6) is 0 Å². The van der Waals surface area contributed by atoms with Crippen LogP contribution in [0.1, 0.15) is 24.7 Å². The van der Waals surface area contributed by atoms with E-state index in [4.69, 9.17) is 5.73 Å². The number of anilines is 1. The van der Waals surface area contributed by atoms with Crippen LogP contribution in [0, 0.1) is 0 Å². The number of rotatable bonds is 3. The summed E-state index contributed by atoms with van der Waals surface area (Å²) in [5.74, 6) is 1.04. The first kappa shape index (κ1) is 9.52. The molecule has 0 bridgehead atoms. The van der Waals surface area contributed by atoms with Crippen molar-refractivity contribution in [2.75, 3.05) is 18.4 Å².